The summed E-state index contributed by atoms with van der Waals surface area (Å²) in [7, 11) is 0. The van der Waals surface area contributed by atoms with E-state index in [-0.39, 0.29) is 18.3 Å². The number of hydrogen-bond donors (Lipinski definition) is 2. The third-order valence-electron chi connectivity index (χ3n) is 3.56. The Hall–Kier alpha value is -2.64. The van der Waals surface area contributed by atoms with Crippen molar-refractivity contribution >= 4 is 41.2 Å². The fourth-order valence-electron chi connectivity index (χ4n) is 2.37. The molecule has 25 heavy (non-hydrogen) atoms. The predicted molar refractivity (Wildman–Crippen MR) is 101 cm³/mol. The van der Waals surface area contributed by atoms with Gasteiger partial charge in [-0.15, -0.1) is 5.10 Å². The van der Waals surface area contributed by atoms with Gasteiger partial charge in [0.2, 0.25) is 10.7 Å². The maximum absolute atomic E-state index is 12.4. The molecule has 0 saturated heterocycles. The number of nitrogens with two attached hydrogens (primary N) is 1. The number of nitrogens with zero attached hydrogens (tertiary/aromatic N) is 3. The number of nitrogen functional groups attached to an aromatic ring is 1. The molecule has 3 N–H and O–H groups in total. The van der Waals surface area contributed by atoms with Crippen molar-refractivity contribution in [2.24, 2.45) is 0 Å². The summed E-state index contributed by atoms with van der Waals surface area (Å²) in [4.78, 5) is 12.4. The number of nitrogens with one attached hydrogen (secondary N) is 1. The standard InChI is InChI=1S/C17H16ClN5OS/c1-11-4-2-7-14(8-11)20-23-16(19)21-22(17(23)25)10-15(24)12-5-3-6-13(18)9-12/h2-9,20H,10H2,1H3,(H2,19,21). The van der Waals surface area contributed by atoms with Crippen LogP contribution in [0.3, 0.4) is 0 Å². The van der Waals surface area contributed by atoms with E-state index in [0.717, 1.165) is 11.3 Å². The summed E-state index contributed by atoms with van der Waals surface area (Å²) in [6, 6.07) is 14.5. The number of halogens is 1. The van der Waals surface area contributed by atoms with Crippen LogP contribution in [0, 0.1) is 11.7 Å². The molecule has 0 aliphatic rings. The highest BCUT2D eigenvalue weighted by atomic mass is 35.5. The molecule has 0 fully saturated rings. The van der Waals surface area contributed by atoms with Crippen molar-refractivity contribution in [2.45, 2.75) is 13.5 Å². The fourth-order valence-corrected chi connectivity index (χ4v) is 2.80. The van der Waals surface area contributed by atoms with E-state index >= 15 is 0 Å². The number of hydrogen-bond acceptors (Lipinski definition) is 5. The Morgan fingerprint density at radius 2 is 2.04 bits per heavy atom. The zero-order chi connectivity index (χ0) is 18.0. The summed E-state index contributed by atoms with van der Waals surface area (Å²) in [6.07, 6.45) is 0. The van der Waals surface area contributed by atoms with Crippen molar-refractivity contribution in [1.29, 1.82) is 0 Å². The molecule has 1 heterocycles. The molecular formula is C17H16ClN5OS. The molecule has 0 radical (unpaired) electrons. The van der Waals surface area contributed by atoms with E-state index in [0.29, 0.717) is 15.4 Å². The van der Waals surface area contributed by atoms with Crippen LogP contribution >= 0.6 is 23.8 Å². The molecule has 128 valence electrons. The largest absolute Gasteiger partial charge is 0.366 e. The lowest BCUT2D eigenvalue weighted by atomic mass is 10.1. The quantitative estimate of drug-likeness (QED) is 0.526. The zero-order valence-corrected chi connectivity index (χ0v) is 15.0. The second-order valence-corrected chi connectivity index (χ2v) is 6.35. The van der Waals surface area contributed by atoms with E-state index < -0.39 is 0 Å². The molecule has 3 aromatic rings. The van der Waals surface area contributed by atoms with Gasteiger partial charge in [-0.1, -0.05) is 35.9 Å². The Bertz CT molecular complexity index is 995. The summed E-state index contributed by atoms with van der Waals surface area (Å²) < 4.78 is 3.15. The Balaban J connectivity index is 1.84. The Kier molecular flexibility index (Phi) is 4.87. The lowest BCUT2D eigenvalue weighted by Crippen LogP contribution is -2.14. The normalized spacial score (nSPS) is 10.6. The lowest BCUT2D eigenvalue weighted by Gasteiger charge is -2.08. The van der Waals surface area contributed by atoms with Gasteiger partial charge in [0.15, 0.2) is 5.78 Å². The van der Waals surface area contributed by atoms with Crippen LogP contribution in [-0.4, -0.2) is 20.2 Å². The molecule has 0 saturated carbocycles. The lowest BCUT2D eigenvalue weighted by molar-refractivity contribution is 0.0967. The number of Topliss-reactive ketones (excluding diaryl/α,β-unsaturated/α-hetero) is 1. The van der Waals surface area contributed by atoms with Gasteiger partial charge >= 0.3 is 0 Å². The van der Waals surface area contributed by atoms with Gasteiger partial charge in [0.1, 0.15) is 6.54 Å². The molecule has 1 aromatic heterocycles. The summed E-state index contributed by atoms with van der Waals surface area (Å²) in [5.74, 6) is 0.0178. The molecule has 0 spiro atoms. The highest BCUT2D eigenvalue weighted by molar-refractivity contribution is 7.71. The number of benzene rings is 2. The minimum Gasteiger partial charge on any atom is -0.366 e. The van der Waals surface area contributed by atoms with Gasteiger partial charge in [-0.2, -0.15) is 4.68 Å². The van der Waals surface area contributed by atoms with E-state index in [1.807, 2.05) is 31.2 Å². The minimum absolute atomic E-state index is 0.0220. The fraction of sp³-hybridized carbons (Fsp3) is 0.118. The Morgan fingerprint density at radius 1 is 1.28 bits per heavy atom. The van der Waals surface area contributed by atoms with Gasteiger partial charge in [0.05, 0.1) is 5.69 Å². The topological polar surface area (TPSA) is 77.9 Å². The zero-order valence-electron chi connectivity index (χ0n) is 13.4. The first-order valence-electron chi connectivity index (χ1n) is 7.52. The molecular weight excluding hydrogens is 358 g/mol. The minimum atomic E-state index is -0.154. The number of rotatable bonds is 5. The number of aryl methyl sites for hydroxylation is 1. The second kappa shape index (κ2) is 7.08. The van der Waals surface area contributed by atoms with Crippen molar-refractivity contribution in [2.75, 3.05) is 11.2 Å². The van der Waals surface area contributed by atoms with Crippen LogP contribution in [0.25, 0.3) is 0 Å². The summed E-state index contributed by atoms with van der Waals surface area (Å²) in [6.45, 7) is 1.97. The van der Waals surface area contributed by atoms with Gasteiger partial charge < -0.3 is 5.73 Å². The van der Waals surface area contributed by atoms with Gasteiger partial charge in [-0.3, -0.25) is 10.2 Å². The van der Waals surface area contributed by atoms with E-state index in [2.05, 4.69) is 10.5 Å². The monoisotopic (exact) mass is 373 g/mol. The molecule has 0 aliphatic carbocycles. The van der Waals surface area contributed by atoms with E-state index in [1.165, 1.54) is 9.36 Å². The second-order valence-electron chi connectivity index (χ2n) is 5.55. The molecule has 6 nitrogen and oxygen atoms in total. The third kappa shape index (κ3) is 3.89. The van der Waals surface area contributed by atoms with Crippen LogP contribution in [0.1, 0.15) is 15.9 Å². The van der Waals surface area contributed by atoms with Crippen molar-refractivity contribution < 1.29 is 4.79 Å². The van der Waals surface area contributed by atoms with E-state index in [9.17, 15) is 4.79 Å². The maximum atomic E-state index is 12.4. The molecule has 0 unspecified atom stereocenters. The average molecular weight is 374 g/mol. The first-order chi connectivity index (χ1) is 11.9. The first-order valence-corrected chi connectivity index (χ1v) is 8.30. The van der Waals surface area contributed by atoms with Crippen LogP contribution in [0.15, 0.2) is 48.5 Å². The third-order valence-corrected chi connectivity index (χ3v) is 4.19. The van der Waals surface area contributed by atoms with Gasteiger partial charge in [0.25, 0.3) is 0 Å². The summed E-state index contributed by atoms with van der Waals surface area (Å²) in [5.41, 5.74) is 11.4. The molecule has 0 amide bonds. The van der Waals surface area contributed by atoms with Crippen LogP contribution < -0.4 is 11.2 Å². The SMILES string of the molecule is Cc1cccc(Nn2c(N)nn(CC(=O)c3cccc(Cl)c3)c2=S)c1. The molecule has 0 atom stereocenters. The highest BCUT2D eigenvalue weighted by Gasteiger charge is 2.13. The number of anilines is 2. The van der Waals surface area contributed by atoms with E-state index in [1.54, 1.807) is 24.3 Å². The van der Waals surface area contributed by atoms with Crippen LogP contribution in [0.4, 0.5) is 11.6 Å². The number of carbonyl (C=O) groups is 1. The first kappa shape index (κ1) is 17.2. The Labute approximate surface area is 154 Å². The summed E-state index contributed by atoms with van der Waals surface area (Å²) >= 11 is 11.3. The summed E-state index contributed by atoms with van der Waals surface area (Å²) in [5, 5.41) is 4.65. The van der Waals surface area contributed by atoms with Crippen molar-refractivity contribution in [1.82, 2.24) is 14.5 Å². The number of carbonyl (C=O) groups excluding carboxylic acids is 1. The van der Waals surface area contributed by atoms with Crippen molar-refractivity contribution in [3.63, 3.8) is 0 Å². The predicted octanol–water partition coefficient (Wildman–Crippen LogP) is 3.72. The average Bonchev–Trinajstić information content (AvgIpc) is 2.82. The van der Waals surface area contributed by atoms with Crippen molar-refractivity contribution in [3.8, 4) is 0 Å². The van der Waals surface area contributed by atoms with Gasteiger partial charge in [0, 0.05) is 10.6 Å². The van der Waals surface area contributed by atoms with Crippen LogP contribution in [0.2, 0.25) is 5.02 Å². The highest BCUT2D eigenvalue weighted by Crippen LogP contribution is 2.14. The molecule has 0 aliphatic heterocycles. The number of aromatic nitrogens is 3. The molecule has 2 aromatic carbocycles. The van der Waals surface area contributed by atoms with Crippen LogP contribution in [0.5, 0.6) is 0 Å². The molecule has 8 heteroatoms. The molecule has 3 rings (SSSR count). The van der Waals surface area contributed by atoms with Gasteiger partial charge in [-0.25, -0.2) is 4.68 Å². The Morgan fingerprint density at radius 3 is 2.76 bits per heavy atom. The number of ketones is 1. The smallest absolute Gasteiger partial charge is 0.240 e. The van der Waals surface area contributed by atoms with Crippen LogP contribution in [-0.2, 0) is 6.54 Å². The van der Waals surface area contributed by atoms with E-state index in [4.69, 9.17) is 29.6 Å². The van der Waals surface area contributed by atoms with Gasteiger partial charge in [-0.05, 0) is 49.0 Å². The molecule has 0 bridgehead atoms. The van der Waals surface area contributed by atoms with Crippen molar-refractivity contribution in [3.05, 3.63) is 69.5 Å². The maximum Gasteiger partial charge on any atom is 0.240 e.